The van der Waals surface area contributed by atoms with E-state index in [4.69, 9.17) is 5.73 Å². The molecule has 1 atom stereocenters. The van der Waals surface area contributed by atoms with E-state index >= 15 is 0 Å². The van der Waals surface area contributed by atoms with Gasteiger partial charge in [-0.1, -0.05) is 6.07 Å². The Morgan fingerprint density at radius 1 is 1.35 bits per heavy atom. The van der Waals surface area contributed by atoms with Gasteiger partial charge in [-0.2, -0.15) is 4.31 Å². The number of aryl methyl sites for hydroxylation is 1. The number of imide groups is 1. The molecule has 0 aromatic heterocycles. The predicted molar refractivity (Wildman–Crippen MR) is 72.1 cm³/mol. The summed E-state index contributed by atoms with van der Waals surface area (Å²) in [6.45, 7) is 2.81. The lowest BCUT2D eigenvalue weighted by Gasteiger charge is -2.30. The minimum atomic E-state index is -4.00. The van der Waals surface area contributed by atoms with Crippen LogP contribution in [0.25, 0.3) is 0 Å². The number of nitrogens with zero attached hydrogens (tertiary/aromatic N) is 1. The third-order valence-corrected chi connectivity index (χ3v) is 5.12. The highest BCUT2D eigenvalue weighted by Gasteiger charge is 2.39. The standard InChI is InChI=1S/C12H15N3O4S/c1-7-3-4-10(9(13)5-7)20(18,19)15-6-11(16)14-12(17)8(15)2/h3-5,8H,6,13H2,1-2H3,(H,14,16,17). The highest BCUT2D eigenvalue weighted by atomic mass is 32.2. The Hall–Kier alpha value is -1.93. The van der Waals surface area contributed by atoms with Crippen molar-refractivity contribution >= 4 is 27.5 Å². The summed E-state index contributed by atoms with van der Waals surface area (Å²) in [6.07, 6.45) is 0. The fourth-order valence-electron chi connectivity index (χ4n) is 2.01. The lowest BCUT2D eigenvalue weighted by atomic mass is 10.2. The van der Waals surface area contributed by atoms with Crippen molar-refractivity contribution in [2.45, 2.75) is 24.8 Å². The number of rotatable bonds is 2. The second kappa shape index (κ2) is 4.88. The topological polar surface area (TPSA) is 110 Å². The van der Waals surface area contributed by atoms with Gasteiger partial charge in [0, 0.05) is 0 Å². The number of hydrogen-bond acceptors (Lipinski definition) is 5. The Kier molecular flexibility index (Phi) is 3.53. The Morgan fingerprint density at radius 3 is 2.60 bits per heavy atom. The summed E-state index contributed by atoms with van der Waals surface area (Å²) in [5, 5.41) is 2.09. The zero-order valence-electron chi connectivity index (χ0n) is 11.1. The zero-order chi connectivity index (χ0) is 15.1. The molecule has 20 heavy (non-hydrogen) atoms. The molecule has 2 amide bonds. The maximum atomic E-state index is 12.5. The number of amides is 2. The number of carbonyl (C=O) groups excluding carboxylic acids is 2. The van der Waals surface area contributed by atoms with Gasteiger partial charge in [0.1, 0.15) is 10.9 Å². The Labute approximate surface area is 116 Å². The third-order valence-electron chi connectivity index (χ3n) is 3.13. The lowest BCUT2D eigenvalue weighted by Crippen LogP contribution is -2.58. The van der Waals surface area contributed by atoms with E-state index in [1.165, 1.54) is 19.1 Å². The summed E-state index contributed by atoms with van der Waals surface area (Å²) in [5.74, 6) is -1.29. The molecule has 1 aliphatic rings. The van der Waals surface area contributed by atoms with Crippen LogP contribution in [-0.2, 0) is 19.6 Å². The van der Waals surface area contributed by atoms with Crippen LogP contribution in [0.15, 0.2) is 23.1 Å². The predicted octanol–water partition coefficient (Wildman–Crippen LogP) is -0.387. The molecule has 0 radical (unpaired) electrons. The summed E-state index contributed by atoms with van der Waals surface area (Å²) in [7, 11) is -4.00. The molecule has 1 aliphatic heterocycles. The van der Waals surface area contributed by atoms with Crippen LogP contribution in [0, 0.1) is 6.92 Å². The van der Waals surface area contributed by atoms with E-state index in [-0.39, 0.29) is 10.6 Å². The summed E-state index contributed by atoms with van der Waals surface area (Å²) >= 11 is 0. The number of carbonyl (C=O) groups is 2. The Balaban J connectivity index is 2.48. The molecular weight excluding hydrogens is 282 g/mol. The van der Waals surface area contributed by atoms with Crippen LogP contribution < -0.4 is 11.1 Å². The Bertz CT molecular complexity index is 684. The molecule has 3 N–H and O–H groups in total. The quantitative estimate of drug-likeness (QED) is 0.571. The van der Waals surface area contributed by atoms with Crippen LogP contribution in [0.4, 0.5) is 5.69 Å². The van der Waals surface area contributed by atoms with Gasteiger partial charge in [0.2, 0.25) is 21.8 Å². The lowest BCUT2D eigenvalue weighted by molar-refractivity contribution is -0.136. The first kappa shape index (κ1) is 14.5. The minimum Gasteiger partial charge on any atom is -0.398 e. The van der Waals surface area contributed by atoms with Crippen molar-refractivity contribution in [2.24, 2.45) is 0 Å². The number of anilines is 1. The summed E-state index contributed by atoms with van der Waals surface area (Å²) in [5.41, 5.74) is 6.65. The fourth-order valence-corrected chi connectivity index (χ4v) is 3.66. The molecule has 0 bridgehead atoms. The highest BCUT2D eigenvalue weighted by molar-refractivity contribution is 7.89. The van der Waals surface area contributed by atoms with Gasteiger partial charge in [0.05, 0.1) is 12.2 Å². The molecule has 1 heterocycles. The smallest absolute Gasteiger partial charge is 0.246 e. The molecule has 7 nitrogen and oxygen atoms in total. The number of piperazine rings is 1. The molecular formula is C12H15N3O4S. The van der Waals surface area contributed by atoms with Crippen LogP contribution in [0.1, 0.15) is 12.5 Å². The largest absolute Gasteiger partial charge is 0.398 e. The fraction of sp³-hybridized carbons (Fsp3) is 0.333. The molecule has 1 aromatic rings. The zero-order valence-corrected chi connectivity index (χ0v) is 11.9. The van der Waals surface area contributed by atoms with Gasteiger partial charge in [0.15, 0.2) is 0 Å². The van der Waals surface area contributed by atoms with E-state index in [1.807, 2.05) is 0 Å². The molecule has 2 rings (SSSR count). The van der Waals surface area contributed by atoms with Crippen molar-refractivity contribution in [1.29, 1.82) is 0 Å². The molecule has 8 heteroatoms. The average molecular weight is 297 g/mol. The summed E-state index contributed by atoms with van der Waals surface area (Å²) in [6, 6.07) is 3.56. The SMILES string of the molecule is Cc1ccc(S(=O)(=O)N2CC(=O)NC(=O)C2C)c(N)c1. The second-order valence-corrected chi connectivity index (χ2v) is 6.54. The van der Waals surface area contributed by atoms with E-state index in [1.54, 1.807) is 13.0 Å². The van der Waals surface area contributed by atoms with Crippen molar-refractivity contribution in [1.82, 2.24) is 9.62 Å². The van der Waals surface area contributed by atoms with Crippen molar-refractivity contribution in [3.05, 3.63) is 23.8 Å². The van der Waals surface area contributed by atoms with Crippen LogP contribution in [0.5, 0.6) is 0 Å². The maximum absolute atomic E-state index is 12.5. The van der Waals surface area contributed by atoms with Crippen molar-refractivity contribution in [2.75, 3.05) is 12.3 Å². The minimum absolute atomic E-state index is 0.0932. The van der Waals surface area contributed by atoms with Crippen molar-refractivity contribution < 1.29 is 18.0 Å². The molecule has 1 unspecified atom stereocenters. The Morgan fingerprint density at radius 2 is 2.00 bits per heavy atom. The molecule has 0 aliphatic carbocycles. The average Bonchev–Trinajstić information content (AvgIpc) is 2.33. The molecule has 0 saturated carbocycles. The number of nitrogen functional groups attached to an aromatic ring is 1. The van der Waals surface area contributed by atoms with Crippen molar-refractivity contribution in [3.8, 4) is 0 Å². The molecule has 1 aromatic carbocycles. The van der Waals surface area contributed by atoms with Gasteiger partial charge in [0.25, 0.3) is 0 Å². The molecule has 1 fully saturated rings. The number of hydrogen-bond donors (Lipinski definition) is 2. The van der Waals surface area contributed by atoms with Crippen molar-refractivity contribution in [3.63, 3.8) is 0 Å². The van der Waals surface area contributed by atoms with Gasteiger partial charge < -0.3 is 5.73 Å². The molecule has 1 saturated heterocycles. The first-order chi connectivity index (χ1) is 9.23. The number of nitrogens with one attached hydrogen (secondary N) is 1. The number of benzene rings is 1. The van der Waals surface area contributed by atoms with Gasteiger partial charge in [-0.25, -0.2) is 8.42 Å². The van der Waals surface area contributed by atoms with Gasteiger partial charge in [-0.05, 0) is 31.5 Å². The van der Waals surface area contributed by atoms with Crippen LogP contribution >= 0.6 is 0 Å². The van der Waals surface area contributed by atoms with Gasteiger partial charge in [-0.15, -0.1) is 0 Å². The highest BCUT2D eigenvalue weighted by Crippen LogP contribution is 2.25. The maximum Gasteiger partial charge on any atom is 0.246 e. The first-order valence-corrected chi connectivity index (χ1v) is 7.39. The van der Waals surface area contributed by atoms with E-state index in [2.05, 4.69) is 5.32 Å². The monoisotopic (exact) mass is 297 g/mol. The van der Waals surface area contributed by atoms with Crippen LogP contribution in [-0.4, -0.2) is 37.1 Å². The van der Waals surface area contributed by atoms with E-state index in [0.29, 0.717) is 0 Å². The summed E-state index contributed by atoms with van der Waals surface area (Å²) in [4.78, 5) is 22.8. The van der Waals surface area contributed by atoms with Crippen LogP contribution in [0.2, 0.25) is 0 Å². The molecule has 108 valence electrons. The van der Waals surface area contributed by atoms with Crippen LogP contribution in [0.3, 0.4) is 0 Å². The third kappa shape index (κ3) is 2.39. The van der Waals surface area contributed by atoms with E-state index in [0.717, 1.165) is 9.87 Å². The van der Waals surface area contributed by atoms with Gasteiger partial charge in [-0.3, -0.25) is 14.9 Å². The normalized spacial score (nSPS) is 20.8. The first-order valence-electron chi connectivity index (χ1n) is 5.95. The number of nitrogens with two attached hydrogens (primary N) is 1. The van der Waals surface area contributed by atoms with E-state index < -0.39 is 34.4 Å². The second-order valence-electron chi connectivity index (χ2n) is 4.68. The number of sulfonamides is 1. The molecule has 0 spiro atoms. The summed E-state index contributed by atoms with van der Waals surface area (Å²) < 4.78 is 25.9. The van der Waals surface area contributed by atoms with Gasteiger partial charge >= 0.3 is 0 Å². The van der Waals surface area contributed by atoms with E-state index in [9.17, 15) is 18.0 Å².